The number of carbonyl (C=O) groups is 1. The summed E-state index contributed by atoms with van der Waals surface area (Å²) in [7, 11) is -1.37. The molecular formula is C19H18O2S. The van der Waals surface area contributed by atoms with Crippen LogP contribution in [0.1, 0.15) is 18.1 Å². The Bertz CT molecular complexity index is 726. The fraction of sp³-hybridized carbons (Fsp3) is 0.105. The van der Waals surface area contributed by atoms with E-state index in [4.69, 9.17) is 0 Å². The zero-order chi connectivity index (χ0) is 15.9. The van der Waals surface area contributed by atoms with Gasteiger partial charge in [0.05, 0.1) is 10.8 Å². The molecule has 22 heavy (non-hydrogen) atoms. The Morgan fingerprint density at radius 2 is 1.64 bits per heavy atom. The Balaban J connectivity index is 2.31. The molecule has 0 amide bonds. The highest BCUT2D eigenvalue weighted by Gasteiger charge is 2.08. The van der Waals surface area contributed by atoms with Crippen molar-refractivity contribution in [2.45, 2.75) is 18.7 Å². The topological polar surface area (TPSA) is 34.1 Å². The molecule has 112 valence electrons. The Labute approximate surface area is 133 Å². The largest absolute Gasteiger partial charge is 0.295 e. The first-order chi connectivity index (χ1) is 10.6. The summed E-state index contributed by atoms with van der Waals surface area (Å²) in [5.74, 6) is -0.117. The molecule has 2 aromatic carbocycles. The fourth-order valence-corrected chi connectivity index (χ4v) is 3.02. The highest BCUT2D eigenvalue weighted by Crippen LogP contribution is 2.18. The summed E-state index contributed by atoms with van der Waals surface area (Å²) < 4.78 is 12.7. The third kappa shape index (κ3) is 4.64. The van der Waals surface area contributed by atoms with E-state index in [-0.39, 0.29) is 5.78 Å². The van der Waals surface area contributed by atoms with Gasteiger partial charge in [0.1, 0.15) is 0 Å². The molecule has 0 radical (unpaired) electrons. The van der Waals surface area contributed by atoms with Gasteiger partial charge in [-0.15, -0.1) is 0 Å². The van der Waals surface area contributed by atoms with Gasteiger partial charge in [-0.05, 0) is 43.7 Å². The van der Waals surface area contributed by atoms with Crippen LogP contribution in [0.3, 0.4) is 0 Å². The maximum absolute atomic E-state index is 12.7. The molecule has 2 aromatic rings. The van der Waals surface area contributed by atoms with E-state index in [1.165, 1.54) is 13.0 Å². The number of hydrogen-bond acceptors (Lipinski definition) is 2. The van der Waals surface area contributed by atoms with E-state index in [0.717, 1.165) is 11.1 Å². The van der Waals surface area contributed by atoms with Crippen LogP contribution >= 0.6 is 0 Å². The molecule has 0 fully saturated rings. The Hall–Kier alpha value is -2.26. The molecule has 0 heterocycles. The first kappa shape index (κ1) is 16.1. The van der Waals surface area contributed by atoms with E-state index < -0.39 is 10.8 Å². The number of benzene rings is 2. The van der Waals surface area contributed by atoms with Gasteiger partial charge in [0, 0.05) is 9.80 Å². The molecule has 0 saturated heterocycles. The maximum atomic E-state index is 12.7. The van der Waals surface area contributed by atoms with E-state index in [9.17, 15) is 9.00 Å². The van der Waals surface area contributed by atoms with E-state index in [1.54, 1.807) is 6.08 Å². The molecule has 0 aromatic heterocycles. The number of carbonyl (C=O) groups excluding carboxylic acids is 1. The van der Waals surface area contributed by atoms with Crippen molar-refractivity contribution < 1.29 is 9.00 Å². The third-order valence-electron chi connectivity index (χ3n) is 3.03. The molecule has 0 saturated carbocycles. The van der Waals surface area contributed by atoms with Gasteiger partial charge in [-0.25, -0.2) is 4.21 Å². The lowest BCUT2D eigenvalue weighted by Gasteiger charge is -2.04. The molecule has 0 aliphatic rings. The van der Waals surface area contributed by atoms with E-state index in [2.05, 4.69) is 0 Å². The Morgan fingerprint density at radius 3 is 2.23 bits per heavy atom. The van der Waals surface area contributed by atoms with Crippen LogP contribution in [0.25, 0.3) is 6.08 Å². The number of aryl methyl sites for hydroxylation is 1. The highest BCUT2D eigenvalue weighted by molar-refractivity contribution is 7.89. The van der Waals surface area contributed by atoms with Gasteiger partial charge >= 0.3 is 0 Å². The lowest BCUT2D eigenvalue weighted by molar-refractivity contribution is -0.112. The maximum Gasteiger partial charge on any atom is 0.153 e. The highest BCUT2D eigenvalue weighted by atomic mass is 32.2. The molecule has 2 nitrogen and oxygen atoms in total. The SMILES string of the molecule is CC(=O)/C=C(/C=C/c1ccccc1)[S@@](=O)c1ccc(C)cc1. The first-order valence-electron chi connectivity index (χ1n) is 7.00. The van der Waals surface area contributed by atoms with Crippen molar-refractivity contribution in [2.75, 3.05) is 0 Å². The lowest BCUT2D eigenvalue weighted by Crippen LogP contribution is -1.97. The molecule has 1 atom stereocenters. The number of ketones is 1. The van der Waals surface area contributed by atoms with Crippen LogP contribution in [-0.4, -0.2) is 9.99 Å². The first-order valence-corrected chi connectivity index (χ1v) is 8.15. The van der Waals surface area contributed by atoms with Gasteiger partial charge < -0.3 is 0 Å². The minimum atomic E-state index is -1.37. The molecule has 0 aliphatic carbocycles. The van der Waals surface area contributed by atoms with Crippen LogP contribution in [-0.2, 0) is 15.6 Å². The Kier molecular flexibility index (Phi) is 5.61. The van der Waals surface area contributed by atoms with Crippen molar-refractivity contribution in [2.24, 2.45) is 0 Å². The number of rotatable bonds is 5. The van der Waals surface area contributed by atoms with Crippen molar-refractivity contribution in [3.8, 4) is 0 Å². The van der Waals surface area contributed by atoms with Crippen LogP contribution in [0.4, 0.5) is 0 Å². The van der Waals surface area contributed by atoms with Crippen LogP contribution in [0.5, 0.6) is 0 Å². The van der Waals surface area contributed by atoms with Gasteiger partial charge in [0.2, 0.25) is 0 Å². The van der Waals surface area contributed by atoms with Crippen molar-refractivity contribution in [1.29, 1.82) is 0 Å². The van der Waals surface area contributed by atoms with E-state index >= 15 is 0 Å². The Morgan fingerprint density at radius 1 is 1.00 bits per heavy atom. The lowest BCUT2D eigenvalue weighted by atomic mass is 10.2. The van der Waals surface area contributed by atoms with Crippen molar-refractivity contribution >= 4 is 22.7 Å². The number of allylic oxidation sites excluding steroid dienone is 2. The summed E-state index contributed by atoms with van der Waals surface area (Å²) in [6, 6.07) is 17.2. The van der Waals surface area contributed by atoms with Crippen molar-refractivity contribution in [1.82, 2.24) is 0 Å². The van der Waals surface area contributed by atoms with Crippen LogP contribution in [0, 0.1) is 6.92 Å². The van der Waals surface area contributed by atoms with Crippen molar-refractivity contribution in [3.05, 3.63) is 82.8 Å². The average molecular weight is 310 g/mol. The smallest absolute Gasteiger partial charge is 0.153 e. The van der Waals surface area contributed by atoms with Gasteiger partial charge in [0.25, 0.3) is 0 Å². The summed E-state index contributed by atoms with van der Waals surface area (Å²) in [4.78, 5) is 12.6. The second kappa shape index (κ2) is 7.66. The van der Waals surface area contributed by atoms with E-state index in [1.807, 2.05) is 67.6 Å². The second-order valence-electron chi connectivity index (χ2n) is 4.98. The molecule has 0 aliphatic heterocycles. The summed E-state index contributed by atoms with van der Waals surface area (Å²) in [6.07, 6.45) is 5.03. The van der Waals surface area contributed by atoms with Gasteiger partial charge in [-0.3, -0.25) is 4.79 Å². The molecule has 0 unspecified atom stereocenters. The summed E-state index contributed by atoms with van der Waals surface area (Å²) in [5.41, 5.74) is 2.11. The number of hydrogen-bond donors (Lipinski definition) is 0. The summed E-state index contributed by atoms with van der Waals surface area (Å²) in [5, 5.41) is 0. The van der Waals surface area contributed by atoms with Crippen LogP contribution in [0.15, 0.2) is 76.5 Å². The fourth-order valence-electron chi connectivity index (χ4n) is 1.90. The van der Waals surface area contributed by atoms with Crippen LogP contribution < -0.4 is 0 Å². The van der Waals surface area contributed by atoms with Gasteiger partial charge in [-0.2, -0.15) is 0 Å². The van der Waals surface area contributed by atoms with Crippen molar-refractivity contribution in [3.63, 3.8) is 0 Å². The molecule has 0 bridgehead atoms. The molecule has 3 heteroatoms. The van der Waals surface area contributed by atoms with Gasteiger partial charge in [-0.1, -0.05) is 54.1 Å². The average Bonchev–Trinajstić information content (AvgIpc) is 2.52. The zero-order valence-corrected chi connectivity index (χ0v) is 13.5. The predicted molar refractivity (Wildman–Crippen MR) is 91.8 cm³/mol. The minimum absolute atomic E-state index is 0.117. The minimum Gasteiger partial charge on any atom is -0.295 e. The summed E-state index contributed by atoms with van der Waals surface area (Å²) in [6.45, 7) is 3.44. The standard InChI is InChI=1S/C19H18O2S/c1-15-8-11-18(12-9-15)22(21)19(14-16(2)20)13-10-17-6-4-3-5-7-17/h3-14H,1-2H3/b13-10+,19-14-/t22-/m0/s1. The molecule has 2 rings (SSSR count). The quantitative estimate of drug-likeness (QED) is 0.610. The predicted octanol–water partition coefficient (Wildman–Crippen LogP) is 4.29. The van der Waals surface area contributed by atoms with Gasteiger partial charge in [0.15, 0.2) is 5.78 Å². The molecule has 0 N–H and O–H groups in total. The molecular weight excluding hydrogens is 292 g/mol. The third-order valence-corrected chi connectivity index (χ3v) is 4.42. The second-order valence-corrected chi connectivity index (χ2v) is 6.46. The monoisotopic (exact) mass is 310 g/mol. The van der Waals surface area contributed by atoms with E-state index in [0.29, 0.717) is 9.80 Å². The normalized spacial score (nSPS) is 13.3. The zero-order valence-electron chi connectivity index (χ0n) is 12.7. The summed E-state index contributed by atoms with van der Waals surface area (Å²) >= 11 is 0. The molecule has 0 spiro atoms. The van der Waals surface area contributed by atoms with Crippen LogP contribution in [0.2, 0.25) is 0 Å².